The van der Waals surface area contributed by atoms with Gasteiger partial charge in [-0.2, -0.15) is 0 Å². The van der Waals surface area contributed by atoms with Crippen molar-refractivity contribution in [1.29, 1.82) is 0 Å². The highest BCUT2D eigenvalue weighted by atomic mass is 32.2. The minimum atomic E-state index is -2.31. The second kappa shape index (κ2) is 7.32. The second-order valence-corrected chi connectivity index (χ2v) is 9.46. The number of rotatable bonds is 4. The number of fused-ring (bicyclic) bond motifs is 1. The SMILES string of the molecule is C[C@H]1CN(C(=O)C2CC2)c2cc(-c3cccc(S(=O)[O-])c3)ccc2N1C(=O)C1CC1. The van der Waals surface area contributed by atoms with Gasteiger partial charge >= 0.3 is 0 Å². The predicted octanol–water partition coefficient (Wildman–Crippen LogP) is 3.48. The Morgan fingerprint density at radius 3 is 2.27 bits per heavy atom. The molecular weight excluding hydrogens is 400 g/mol. The van der Waals surface area contributed by atoms with Crippen LogP contribution in [0.15, 0.2) is 47.4 Å². The van der Waals surface area contributed by atoms with Gasteiger partial charge in [-0.05, 0) is 79.1 Å². The zero-order chi connectivity index (χ0) is 21.0. The van der Waals surface area contributed by atoms with Gasteiger partial charge in [-0.15, -0.1) is 0 Å². The van der Waals surface area contributed by atoms with Gasteiger partial charge in [-0.25, -0.2) is 0 Å². The van der Waals surface area contributed by atoms with Crippen LogP contribution in [0.2, 0.25) is 0 Å². The Labute approximate surface area is 178 Å². The van der Waals surface area contributed by atoms with E-state index in [-0.39, 0.29) is 34.6 Å². The Hall–Kier alpha value is -2.51. The fourth-order valence-corrected chi connectivity index (χ4v) is 4.62. The summed E-state index contributed by atoms with van der Waals surface area (Å²) in [5.41, 5.74) is 3.09. The van der Waals surface area contributed by atoms with Crippen molar-refractivity contribution in [3.63, 3.8) is 0 Å². The maximum absolute atomic E-state index is 13.0. The number of carbonyl (C=O) groups excluding carboxylic acids is 2. The third-order valence-electron chi connectivity index (χ3n) is 6.13. The van der Waals surface area contributed by atoms with Crippen LogP contribution in [-0.4, -0.2) is 33.2 Å². The molecule has 0 N–H and O–H groups in total. The molecule has 1 heterocycles. The van der Waals surface area contributed by atoms with Gasteiger partial charge in [0.2, 0.25) is 11.8 Å². The summed E-state index contributed by atoms with van der Waals surface area (Å²) < 4.78 is 22.7. The van der Waals surface area contributed by atoms with E-state index in [2.05, 4.69) is 0 Å². The van der Waals surface area contributed by atoms with Crippen molar-refractivity contribution >= 4 is 34.3 Å². The van der Waals surface area contributed by atoms with Crippen LogP contribution in [0.4, 0.5) is 11.4 Å². The summed E-state index contributed by atoms with van der Waals surface area (Å²) in [6.07, 6.45) is 3.69. The van der Waals surface area contributed by atoms with Crippen LogP contribution in [0, 0.1) is 11.8 Å². The van der Waals surface area contributed by atoms with Gasteiger partial charge in [0.15, 0.2) is 0 Å². The van der Waals surface area contributed by atoms with Crippen LogP contribution >= 0.6 is 0 Å². The number of amides is 2. The highest BCUT2D eigenvalue weighted by Crippen LogP contribution is 2.44. The first-order chi connectivity index (χ1) is 14.4. The van der Waals surface area contributed by atoms with E-state index < -0.39 is 11.1 Å². The molecule has 2 aromatic carbocycles. The number of carbonyl (C=O) groups is 2. The summed E-state index contributed by atoms with van der Waals surface area (Å²) in [4.78, 5) is 29.9. The highest BCUT2D eigenvalue weighted by Gasteiger charge is 2.43. The zero-order valence-corrected chi connectivity index (χ0v) is 17.6. The number of benzene rings is 2. The van der Waals surface area contributed by atoms with Crippen molar-refractivity contribution in [3.05, 3.63) is 42.5 Å². The smallest absolute Gasteiger partial charge is 0.230 e. The molecule has 2 saturated carbocycles. The van der Waals surface area contributed by atoms with Gasteiger partial charge in [0.1, 0.15) is 0 Å². The largest absolute Gasteiger partial charge is 0.768 e. The molecule has 2 aliphatic carbocycles. The van der Waals surface area contributed by atoms with E-state index in [0.29, 0.717) is 6.54 Å². The van der Waals surface area contributed by atoms with Gasteiger partial charge in [-0.1, -0.05) is 18.2 Å². The lowest BCUT2D eigenvalue weighted by atomic mass is 10.00. The van der Waals surface area contributed by atoms with Crippen LogP contribution in [0.3, 0.4) is 0 Å². The number of hydrogen-bond donors (Lipinski definition) is 0. The summed E-state index contributed by atoms with van der Waals surface area (Å²) >= 11 is -2.31. The summed E-state index contributed by atoms with van der Waals surface area (Å²) in [7, 11) is 0. The molecule has 2 aromatic rings. The Morgan fingerprint density at radius 2 is 1.60 bits per heavy atom. The number of anilines is 2. The minimum Gasteiger partial charge on any atom is -0.768 e. The minimum absolute atomic E-state index is 0.0746. The Bertz CT molecular complexity index is 1060. The van der Waals surface area contributed by atoms with E-state index >= 15 is 0 Å². The molecule has 3 aliphatic rings. The monoisotopic (exact) mass is 423 g/mol. The van der Waals surface area contributed by atoms with Gasteiger partial charge in [-0.3, -0.25) is 13.8 Å². The average Bonchev–Trinajstić information content (AvgIpc) is 3.64. The summed E-state index contributed by atoms with van der Waals surface area (Å²) in [5.74, 6) is 0.423. The third-order valence-corrected chi connectivity index (χ3v) is 6.77. The number of hydrogen-bond acceptors (Lipinski definition) is 4. The third kappa shape index (κ3) is 3.46. The van der Waals surface area contributed by atoms with Crippen molar-refractivity contribution in [1.82, 2.24) is 0 Å². The van der Waals surface area contributed by atoms with Crippen LogP contribution < -0.4 is 9.80 Å². The molecule has 0 bridgehead atoms. The fraction of sp³-hybridized carbons (Fsp3) is 0.391. The van der Waals surface area contributed by atoms with E-state index in [0.717, 1.165) is 48.2 Å². The molecule has 2 amide bonds. The van der Waals surface area contributed by atoms with E-state index in [9.17, 15) is 18.4 Å². The van der Waals surface area contributed by atoms with E-state index in [1.54, 1.807) is 18.2 Å². The molecule has 0 aromatic heterocycles. The zero-order valence-electron chi connectivity index (χ0n) is 16.7. The lowest BCUT2D eigenvalue weighted by molar-refractivity contribution is -0.122. The predicted molar refractivity (Wildman–Crippen MR) is 114 cm³/mol. The summed E-state index contributed by atoms with van der Waals surface area (Å²) in [6.45, 7) is 2.48. The molecule has 30 heavy (non-hydrogen) atoms. The molecule has 0 radical (unpaired) electrons. The average molecular weight is 424 g/mol. The Balaban J connectivity index is 1.60. The molecule has 0 spiro atoms. The summed E-state index contributed by atoms with van der Waals surface area (Å²) in [6, 6.07) is 12.4. The molecule has 1 aliphatic heterocycles. The first kappa shape index (κ1) is 19.5. The lowest BCUT2D eigenvalue weighted by Gasteiger charge is -2.41. The summed E-state index contributed by atoms with van der Waals surface area (Å²) in [5, 5.41) is 0. The van der Waals surface area contributed by atoms with Crippen molar-refractivity contribution in [2.24, 2.45) is 11.8 Å². The standard InChI is InChI=1S/C23H24N2O4S/c1-14-13-24(22(26)15-5-6-15)21-12-18(17-3-2-4-19(11-17)30(28)29)9-10-20(21)25(14)23(27)16-7-8-16/h2-4,9-12,14-16H,5-8,13H2,1H3,(H,28,29)/p-1/t14-/m0/s1. The van der Waals surface area contributed by atoms with Crippen molar-refractivity contribution in [3.8, 4) is 11.1 Å². The van der Waals surface area contributed by atoms with E-state index in [4.69, 9.17) is 0 Å². The first-order valence-electron chi connectivity index (χ1n) is 10.4. The highest BCUT2D eigenvalue weighted by molar-refractivity contribution is 7.79. The van der Waals surface area contributed by atoms with Crippen LogP contribution in [0.1, 0.15) is 32.6 Å². The molecular formula is C23H23N2O4S-. The van der Waals surface area contributed by atoms with Crippen molar-refractivity contribution in [2.45, 2.75) is 43.5 Å². The number of nitrogens with zero attached hydrogens (tertiary/aromatic N) is 2. The topological polar surface area (TPSA) is 80.8 Å². The normalized spacial score (nSPS) is 21.9. The van der Waals surface area contributed by atoms with Crippen molar-refractivity contribution < 1.29 is 18.4 Å². The second-order valence-electron chi connectivity index (χ2n) is 8.52. The van der Waals surface area contributed by atoms with Gasteiger partial charge < -0.3 is 14.4 Å². The fourth-order valence-electron chi connectivity index (χ4n) is 4.21. The molecule has 156 valence electrons. The van der Waals surface area contributed by atoms with E-state index in [1.807, 2.05) is 41.0 Å². The lowest BCUT2D eigenvalue weighted by Crippen LogP contribution is -2.52. The quantitative estimate of drug-likeness (QED) is 0.705. The van der Waals surface area contributed by atoms with Gasteiger partial charge in [0.25, 0.3) is 0 Å². The molecule has 2 atom stereocenters. The maximum atomic E-state index is 13.0. The molecule has 7 heteroatoms. The van der Waals surface area contributed by atoms with Crippen LogP contribution in [0.5, 0.6) is 0 Å². The Morgan fingerprint density at radius 1 is 0.933 bits per heavy atom. The maximum Gasteiger partial charge on any atom is 0.230 e. The van der Waals surface area contributed by atoms with Crippen molar-refractivity contribution in [2.75, 3.05) is 16.3 Å². The van der Waals surface area contributed by atoms with Crippen LogP contribution in [-0.2, 0) is 20.7 Å². The molecule has 1 unspecified atom stereocenters. The Kier molecular flexibility index (Phi) is 4.75. The molecule has 5 rings (SSSR count). The van der Waals surface area contributed by atoms with E-state index in [1.165, 1.54) is 0 Å². The van der Waals surface area contributed by atoms with Crippen LogP contribution in [0.25, 0.3) is 11.1 Å². The van der Waals surface area contributed by atoms with Gasteiger partial charge in [0.05, 0.1) is 17.4 Å². The first-order valence-corrected chi connectivity index (χ1v) is 11.5. The molecule has 0 saturated heterocycles. The molecule has 6 nitrogen and oxygen atoms in total. The molecule has 2 fully saturated rings. The van der Waals surface area contributed by atoms with Gasteiger partial charge in [0, 0.05) is 23.3 Å².